The second-order valence-electron chi connectivity index (χ2n) is 5.23. The highest BCUT2D eigenvalue weighted by molar-refractivity contribution is 6.35. The Morgan fingerprint density at radius 2 is 2.05 bits per heavy atom. The van der Waals surface area contributed by atoms with Gasteiger partial charge in [0.05, 0.1) is 12.6 Å². The summed E-state index contributed by atoms with van der Waals surface area (Å²) in [5.74, 6) is -0.301. The van der Waals surface area contributed by atoms with Crippen molar-refractivity contribution in [2.45, 2.75) is 19.4 Å². The van der Waals surface area contributed by atoms with Gasteiger partial charge in [-0.3, -0.25) is 9.59 Å². The van der Waals surface area contributed by atoms with E-state index in [4.69, 9.17) is 5.11 Å². The first-order valence-corrected chi connectivity index (χ1v) is 7.52. The van der Waals surface area contributed by atoms with Crippen LogP contribution in [0.25, 0.3) is 0 Å². The number of hydrogen-bond acceptors (Lipinski definition) is 5. The van der Waals surface area contributed by atoms with E-state index in [2.05, 4.69) is 15.2 Å². The normalized spacial score (nSPS) is 16.3. The summed E-state index contributed by atoms with van der Waals surface area (Å²) < 4.78 is 0. The number of aromatic nitrogens is 1. The van der Waals surface area contributed by atoms with E-state index in [1.807, 2.05) is 25.1 Å². The van der Waals surface area contributed by atoms with Crippen LogP contribution in [-0.2, 0) is 9.59 Å². The number of aliphatic hydroxyl groups excluding tert-OH is 1. The maximum Gasteiger partial charge on any atom is 0.312 e. The van der Waals surface area contributed by atoms with Gasteiger partial charge in [0.2, 0.25) is 0 Å². The second-order valence-corrected chi connectivity index (χ2v) is 5.23. The van der Waals surface area contributed by atoms with Crippen molar-refractivity contribution in [3.05, 3.63) is 24.4 Å². The van der Waals surface area contributed by atoms with Crippen LogP contribution in [0.3, 0.4) is 0 Å². The van der Waals surface area contributed by atoms with Crippen LogP contribution in [-0.4, -0.2) is 65.6 Å². The van der Waals surface area contributed by atoms with Crippen LogP contribution in [0.5, 0.6) is 0 Å². The van der Waals surface area contributed by atoms with Gasteiger partial charge in [0.25, 0.3) is 0 Å². The molecule has 7 heteroatoms. The first-order chi connectivity index (χ1) is 10.7. The lowest BCUT2D eigenvalue weighted by Crippen LogP contribution is -2.54. The van der Waals surface area contributed by atoms with Gasteiger partial charge < -0.3 is 20.2 Å². The third-order valence-electron chi connectivity index (χ3n) is 3.78. The molecule has 120 valence electrons. The molecule has 0 saturated carbocycles. The van der Waals surface area contributed by atoms with E-state index in [0.717, 1.165) is 5.82 Å². The lowest BCUT2D eigenvalue weighted by atomic mass is 10.2. The van der Waals surface area contributed by atoms with Crippen molar-refractivity contribution < 1.29 is 14.7 Å². The number of carbonyl (C=O) groups excluding carboxylic acids is 2. The van der Waals surface area contributed by atoms with Gasteiger partial charge in [-0.05, 0) is 18.6 Å². The number of aliphatic hydroxyl groups is 1. The van der Waals surface area contributed by atoms with Crippen molar-refractivity contribution in [1.82, 2.24) is 15.2 Å². The molecule has 2 rings (SSSR count). The fraction of sp³-hybridized carbons (Fsp3) is 0.533. The first-order valence-electron chi connectivity index (χ1n) is 7.52. The average molecular weight is 306 g/mol. The monoisotopic (exact) mass is 306 g/mol. The summed E-state index contributed by atoms with van der Waals surface area (Å²) >= 11 is 0. The fourth-order valence-corrected chi connectivity index (χ4v) is 2.35. The Morgan fingerprint density at radius 1 is 1.32 bits per heavy atom. The second kappa shape index (κ2) is 7.74. The van der Waals surface area contributed by atoms with E-state index in [1.54, 1.807) is 11.1 Å². The maximum atomic E-state index is 12.1. The number of piperazine rings is 1. The standard InChI is InChI=1S/C15H22N4O3/c1-2-12(11-20)17-14(21)15(22)19-9-7-18(8-10-19)13-5-3-4-6-16-13/h3-6,12,20H,2,7-11H2,1H3,(H,17,21). The van der Waals surface area contributed by atoms with Gasteiger partial charge in [-0.25, -0.2) is 4.98 Å². The van der Waals surface area contributed by atoms with E-state index >= 15 is 0 Å². The molecule has 7 nitrogen and oxygen atoms in total. The maximum absolute atomic E-state index is 12.1. The van der Waals surface area contributed by atoms with Crippen LogP contribution in [0, 0.1) is 0 Å². The zero-order chi connectivity index (χ0) is 15.9. The minimum absolute atomic E-state index is 0.164. The molecule has 1 aliphatic heterocycles. The summed E-state index contributed by atoms with van der Waals surface area (Å²) in [5.41, 5.74) is 0. The van der Waals surface area contributed by atoms with Crippen molar-refractivity contribution >= 4 is 17.6 Å². The molecule has 2 N–H and O–H groups in total. The summed E-state index contributed by atoms with van der Waals surface area (Å²) in [6.45, 7) is 3.94. The molecule has 2 amide bonds. The van der Waals surface area contributed by atoms with Crippen molar-refractivity contribution in [3.63, 3.8) is 0 Å². The largest absolute Gasteiger partial charge is 0.394 e. The number of rotatable bonds is 4. The summed E-state index contributed by atoms with van der Waals surface area (Å²) in [6, 6.07) is 5.34. The van der Waals surface area contributed by atoms with Crippen molar-refractivity contribution in [3.8, 4) is 0 Å². The molecule has 0 aromatic carbocycles. The Balaban J connectivity index is 1.86. The van der Waals surface area contributed by atoms with Gasteiger partial charge in [0.1, 0.15) is 5.82 Å². The van der Waals surface area contributed by atoms with Gasteiger partial charge in [0.15, 0.2) is 0 Å². The Morgan fingerprint density at radius 3 is 2.59 bits per heavy atom. The predicted octanol–water partition coefficient (Wildman–Crippen LogP) is -0.383. The Hall–Kier alpha value is -2.15. The number of nitrogens with one attached hydrogen (secondary N) is 1. The Kier molecular flexibility index (Phi) is 5.71. The quantitative estimate of drug-likeness (QED) is 0.741. The first kappa shape index (κ1) is 16.2. The van der Waals surface area contributed by atoms with Crippen LogP contribution in [0.4, 0.5) is 5.82 Å². The van der Waals surface area contributed by atoms with Crippen LogP contribution in [0.1, 0.15) is 13.3 Å². The van der Waals surface area contributed by atoms with Gasteiger partial charge in [-0.15, -0.1) is 0 Å². The van der Waals surface area contributed by atoms with Gasteiger partial charge in [-0.2, -0.15) is 0 Å². The summed E-state index contributed by atoms with van der Waals surface area (Å²) in [5, 5.41) is 11.6. The third kappa shape index (κ3) is 3.94. The lowest BCUT2D eigenvalue weighted by molar-refractivity contribution is -0.146. The number of carbonyl (C=O) groups is 2. The van der Waals surface area contributed by atoms with E-state index in [1.165, 1.54) is 0 Å². The van der Waals surface area contributed by atoms with Crippen LogP contribution < -0.4 is 10.2 Å². The Bertz CT molecular complexity index is 497. The molecule has 22 heavy (non-hydrogen) atoms. The molecular formula is C15H22N4O3. The topological polar surface area (TPSA) is 85.8 Å². The molecule has 0 bridgehead atoms. The summed E-state index contributed by atoms with van der Waals surface area (Å²) in [4.78, 5) is 31.9. The van der Waals surface area contributed by atoms with Crippen LogP contribution >= 0.6 is 0 Å². The molecule has 1 aromatic rings. The number of hydrogen-bond donors (Lipinski definition) is 2. The van der Waals surface area contributed by atoms with Gasteiger partial charge in [0, 0.05) is 32.4 Å². The zero-order valence-corrected chi connectivity index (χ0v) is 12.7. The molecule has 1 aromatic heterocycles. The number of anilines is 1. The molecule has 0 spiro atoms. The summed E-state index contributed by atoms with van der Waals surface area (Å²) in [7, 11) is 0. The number of pyridine rings is 1. The lowest BCUT2D eigenvalue weighted by Gasteiger charge is -2.35. The van der Waals surface area contributed by atoms with E-state index in [0.29, 0.717) is 32.6 Å². The van der Waals surface area contributed by atoms with Gasteiger partial charge in [-0.1, -0.05) is 13.0 Å². The molecule has 1 unspecified atom stereocenters. The van der Waals surface area contributed by atoms with E-state index in [-0.39, 0.29) is 12.6 Å². The average Bonchev–Trinajstić information content (AvgIpc) is 2.59. The summed E-state index contributed by atoms with van der Waals surface area (Å²) in [6.07, 6.45) is 2.32. The third-order valence-corrected chi connectivity index (χ3v) is 3.78. The molecule has 0 radical (unpaired) electrons. The molecule has 1 atom stereocenters. The Labute approximate surface area is 129 Å². The highest BCUT2D eigenvalue weighted by Crippen LogP contribution is 2.12. The molecular weight excluding hydrogens is 284 g/mol. The predicted molar refractivity (Wildman–Crippen MR) is 82.3 cm³/mol. The van der Waals surface area contributed by atoms with E-state index < -0.39 is 11.8 Å². The van der Waals surface area contributed by atoms with Gasteiger partial charge >= 0.3 is 11.8 Å². The highest BCUT2D eigenvalue weighted by atomic mass is 16.3. The van der Waals surface area contributed by atoms with Crippen molar-refractivity contribution in [1.29, 1.82) is 0 Å². The minimum Gasteiger partial charge on any atom is -0.394 e. The molecule has 1 aliphatic rings. The smallest absolute Gasteiger partial charge is 0.312 e. The van der Waals surface area contributed by atoms with Crippen molar-refractivity contribution in [2.75, 3.05) is 37.7 Å². The van der Waals surface area contributed by atoms with Crippen LogP contribution in [0.2, 0.25) is 0 Å². The molecule has 1 saturated heterocycles. The van der Waals surface area contributed by atoms with E-state index in [9.17, 15) is 9.59 Å². The molecule has 2 heterocycles. The fourth-order valence-electron chi connectivity index (χ4n) is 2.35. The number of amides is 2. The minimum atomic E-state index is -0.646. The van der Waals surface area contributed by atoms with Crippen molar-refractivity contribution in [2.24, 2.45) is 0 Å². The molecule has 0 aliphatic carbocycles. The zero-order valence-electron chi connectivity index (χ0n) is 12.7. The number of nitrogens with zero attached hydrogens (tertiary/aromatic N) is 3. The SMILES string of the molecule is CCC(CO)NC(=O)C(=O)N1CCN(c2ccccn2)CC1. The molecule has 1 fully saturated rings. The van der Waals surface area contributed by atoms with Crippen LogP contribution in [0.15, 0.2) is 24.4 Å². The highest BCUT2D eigenvalue weighted by Gasteiger charge is 2.27.